The molecule has 0 saturated heterocycles. The second-order valence-corrected chi connectivity index (χ2v) is 6.89. The lowest BCUT2D eigenvalue weighted by molar-refractivity contribution is 0.548. The van der Waals surface area contributed by atoms with Gasteiger partial charge < -0.3 is 9.64 Å². The second-order valence-electron chi connectivity index (χ2n) is 6.54. The van der Waals surface area contributed by atoms with Crippen LogP contribution < -0.4 is 9.64 Å². The van der Waals surface area contributed by atoms with Crippen molar-refractivity contribution in [3.05, 3.63) is 59.7 Å². The highest BCUT2D eigenvalue weighted by atomic mass is 32.1. The molecule has 116 valence electrons. The molecule has 2 aromatic rings. The Morgan fingerprint density at radius 1 is 1.05 bits per heavy atom. The van der Waals surface area contributed by atoms with Crippen LogP contribution in [0.2, 0.25) is 0 Å². The van der Waals surface area contributed by atoms with Gasteiger partial charge in [-0.1, -0.05) is 45.0 Å². The first kappa shape index (κ1) is 16.5. The largest absolute Gasteiger partial charge is 0.432 e. The van der Waals surface area contributed by atoms with Gasteiger partial charge in [-0.25, -0.2) is 0 Å². The standard InChI is InChI=1S/C19H23NOS/c1-14-7-6-8-16(13-14)20(5)18(22)21-17-11-9-15(10-12-17)19(2,3)4/h6-13H,1-5H3. The smallest absolute Gasteiger partial charge is 0.269 e. The molecule has 0 spiro atoms. The maximum atomic E-state index is 5.80. The number of aryl methyl sites for hydroxylation is 1. The van der Waals surface area contributed by atoms with Gasteiger partial charge in [0.15, 0.2) is 0 Å². The van der Waals surface area contributed by atoms with E-state index in [1.165, 1.54) is 11.1 Å². The number of nitrogens with zero attached hydrogens (tertiary/aromatic N) is 1. The minimum atomic E-state index is 0.136. The van der Waals surface area contributed by atoms with Crippen molar-refractivity contribution in [2.75, 3.05) is 11.9 Å². The van der Waals surface area contributed by atoms with Crippen LogP contribution >= 0.6 is 12.2 Å². The van der Waals surface area contributed by atoms with Gasteiger partial charge in [-0.15, -0.1) is 0 Å². The number of thiocarbonyl (C=S) groups is 1. The molecule has 0 bridgehead atoms. The highest BCUT2D eigenvalue weighted by Gasteiger charge is 2.14. The maximum Gasteiger partial charge on any atom is 0.269 e. The molecule has 22 heavy (non-hydrogen) atoms. The third kappa shape index (κ3) is 4.08. The third-order valence-corrected chi connectivity index (χ3v) is 3.95. The second kappa shape index (κ2) is 6.49. The van der Waals surface area contributed by atoms with Crippen LogP contribution in [-0.2, 0) is 5.41 Å². The van der Waals surface area contributed by atoms with Crippen molar-refractivity contribution in [1.82, 2.24) is 0 Å². The van der Waals surface area contributed by atoms with Gasteiger partial charge in [-0.2, -0.15) is 0 Å². The molecule has 0 saturated carbocycles. The molecular weight excluding hydrogens is 290 g/mol. The Hall–Kier alpha value is -1.87. The van der Waals surface area contributed by atoms with Crippen molar-refractivity contribution >= 4 is 23.1 Å². The molecule has 0 aliphatic heterocycles. The van der Waals surface area contributed by atoms with E-state index < -0.39 is 0 Å². The van der Waals surface area contributed by atoms with Crippen LogP contribution in [0.25, 0.3) is 0 Å². The summed E-state index contributed by atoms with van der Waals surface area (Å²) < 4.78 is 5.80. The molecule has 3 heteroatoms. The lowest BCUT2D eigenvalue weighted by Crippen LogP contribution is -2.29. The van der Waals surface area contributed by atoms with E-state index in [9.17, 15) is 0 Å². The monoisotopic (exact) mass is 313 g/mol. The molecule has 0 radical (unpaired) electrons. The maximum absolute atomic E-state index is 5.80. The number of rotatable bonds is 2. The van der Waals surface area contributed by atoms with Gasteiger partial charge in [0.25, 0.3) is 5.17 Å². The Morgan fingerprint density at radius 3 is 2.23 bits per heavy atom. The van der Waals surface area contributed by atoms with E-state index in [4.69, 9.17) is 17.0 Å². The Kier molecular flexibility index (Phi) is 4.87. The van der Waals surface area contributed by atoms with Crippen LogP contribution in [0, 0.1) is 6.92 Å². The molecule has 2 nitrogen and oxygen atoms in total. The average molecular weight is 313 g/mol. The van der Waals surface area contributed by atoms with Crippen LogP contribution in [0.3, 0.4) is 0 Å². The summed E-state index contributed by atoms with van der Waals surface area (Å²) in [7, 11) is 1.92. The van der Waals surface area contributed by atoms with Crippen LogP contribution in [0.15, 0.2) is 48.5 Å². The van der Waals surface area contributed by atoms with Crippen LogP contribution in [-0.4, -0.2) is 12.2 Å². The predicted octanol–water partition coefficient (Wildman–Crippen LogP) is 5.09. The summed E-state index contributed by atoms with van der Waals surface area (Å²) in [5, 5.41) is 0.439. The van der Waals surface area contributed by atoms with Gasteiger partial charge in [-0.3, -0.25) is 0 Å². The molecule has 0 fully saturated rings. The van der Waals surface area contributed by atoms with E-state index in [0.717, 1.165) is 11.4 Å². The SMILES string of the molecule is Cc1cccc(N(C)C(=S)Oc2ccc(C(C)(C)C)cc2)c1. The fourth-order valence-electron chi connectivity index (χ4n) is 2.13. The summed E-state index contributed by atoms with van der Waals surface area (Å²) in [5.74, 6) is 0.762. The molecule has 0 aliphatic carbocycles. The zero-order valence-electron chi connectivity index (χ0n) is 13.9. The van der Waals surface area contributed by atoms with Crippen molar-refractivity contribution in [2.24, 2.45) is 0 Å². The van der Waals surface area contributed by atoms with Crippen molar-refractivity contribution in [2.45, 2.75) is 33.1 Å². The summed E-state index contributed by atoms with van der Waals surface area (Å²) in [6, 6.07) is 16.3. The first-order chi connectivity index (χ1) is 10.3. The van der Waals surface area contributed by atoms with E-state index in [2.05, 4.69) is 52.0 Å². The van der Waals surface area contributed by atoms with Gasteiger partial charge >= 0.3 is 0 Å². The van der Waals surface area contributed by atoms with E-state index in [0.29, 0.717) is 5.17 Å². The molecular formula is C19H23NOS. The molecule has 0 heterocycles. The molecule has 2 rings (SSSR count). The third-order valence-electron chi connectivity index (χ3n) is 3.59. The quantitative estimate of drug-likeness (QED) is 0.716. The van der Waals surface area contributed by atoms with Gasteiger partial charge in [0.2, 0.25) is 0 Å². The first-order valence-corrected chi connectivity index (χ1v) is 7.81. The Labute approximate surface area is 138 Å². The fraction of sp³-hybridized carbons (Fsp3) is 0.316. The van der Waals surface area contributed by atoms with E-state index in [1.54, 1.807) is 0 Å². The predicted molar refractivity (Wildman–Crippen MR) is 98.0 cm³/mol. The first-order valence-electron chi connectivity index (χ1n) is 7.40. The summed E-state index contributed by atoms with van der Waals surface area (Å²) in [6.45, 7) is 8.64. The zero-order valence-corrected chi connectivity index (χ0v) is 14.7. The number of hydrogen-bond acceptors (Lipinski definition) is 2. The molecule has 0 atom stereocenters. The molecule has 0 aromatic heterocycles. The Bertz CT molecular complexity index is 656. The normalized spacial score (nSPS) is 11.1. The Balaban J connectivity index is 2.08. The van der Waals surface area contributed by atoms with Crippen LogP contribution in [0.5, 0.6) is 5.75 Å². The fourth-order valence-corrected chi connectivity index (χ4v) is 2.34. The molecule has 0 aliphatic rings. The van der Waals surface area contributed by atoms with E-state index >= 15 is 0 Å². The minimum absolute atomic E-state index is 0.136. The lowest BCUT2D eigenvalue weighted by atomic mass is 9.87. The van der Waals surface area contributed by atoms with Gasteiger partial charge in [0, 0.05) is 12.7 Å². The van der Waals surface area contributed by atoms with Crippen molar-refractivity contribution < 1.29 is 4.74 Å². The van der Waals surface area contributed by atoms with Gasteiger partial charge in [0.1, 0.15) is 5.75 Å². The van der Waals surface area contributed by atoms with E-state index in [-0.39, 0.29) is 5.41 Å². The van der Waals surface area contributed by atoms with Crippen molar-refractivity contribution in [1.29, 1.82) is 0 Å². The molecule has 0 N–H and O–H groups in total. The Morgan fingerprint density at radius 2 is 1.68 bits per heavy atom. The molecule has 2 aromatic carbocycles. The van der Waals surface area contributed by atoms with Crippen molar-refractivity contribution in [3.8, 4) is 5.75 Å². The summed E-state index contributed by atoms with van der Waals surface area (Å²) in [4.78, 5) is 1.88. The van der Waals surface area contributed by atoms with E-state index in [1.807, 2.05) is 36.2 Å². The zero-order chi connectivity index (χ0) is 16.3. The summed E-state index contributed by atoms with van der Waals surface area (Å²) in [5.41, 5.74) is 3.63. The molecule has 0 amide bonds. The number of benzene rings is 2. The summed E-state index contributed by atoms with van der Waals surface area (Å²) >= 11 is 5.39. The number of hydrogen-bond donors (Lipinski definition) is 0. The average Bonchev–Trinajstić information content (AvgIpc) is 2.46. The highest BCUT2D eigenvalue weighted by molar-refractivity contribution is 7.80. The highest BCUT2D eigenvalue weighted by Crippen LogP contribution is 2.25. The number of ether oxygens (including phenoxy) is 1. The van der Waals surface area contributed by atoms with Crippen molar-refractivity contribution in [3.63, 3.8) is 0 Å². The topological polar surface area (TPSA) is 12.5 Å². The van der Waals surface area contributed by atoms with Gasteiger partial charge in [-0.05, 0) is 59.9 Å². The van der Waals surface area contributed by atoms with Crippen LogP contribution in [0.1, 0.15) is 31.9 Å². The number of anilines is 1. The lowest BCUT2D eigenvalue weighted by Gasteiger charge is -2.21. The summed E-state index contributed by atoms with van der Waals surface area (Å²) in [6.07, 6.45) is 0. The minimum Gasteiger partial charge on any atom is -0.432 e. The van der Waals surface area contributed by atoms with Gasteiger partial charge in [0.05, 0.1) is 0 Å². The van der Waals surface area contributed by atoms with Crippen LogP contribution in [0.4, 0.5) is 5.69 Å². The molecule has 0 unspecified atom stereocenters.